The monoisotopic (exact) mass is 267 g/mol. The maximum atomic E-state index is 11.6. The predicted octanol–water partition coefficient (Wildman–Crippen LogP) is 1.95. The molecule has 0 N–H and O–H groups in total. The van der Waals surface area contributed by atoms with Gasteiger partial charge < -0.3 is 9.15 Å². The van der Waals surface area contributed by atoms with Gasteiger partial charge in [0.05, 0.1) is 13.5 Å². The normalized spacial score (nSPS) is 10.6. The molecule has 0 unspecified atom stereocenters. The van der Waals surface area contributed by atoms with Gasteiger partial charge in [-0.3, -0.25) is 4.79 Å². The molecule has 0 bridgehead atoms. The molecule has 2 rings (SSSR count). The number of halogens is 1. The lowest BCUT2D eigenvalue weighted by Gasteiger charge is -2.01. The molecule has 94 valence electrons. The maximum absolute atomic E-state index is 11.6. The molecule has 1 aromatic heterocycles. The minimum Gasteiger partial charge on any atom is -0.469 e. The Labute approximate surface area is 107 Å². The molecular weight excluding hydrogens is 258 g/mol. The molecule has 18 heavy (non-hydrogen) atoms. The molecule has 0 amide bonds. The Morgan fingerprint density at radius 2 is 2.28 bits per heavy atom. The van der Waals surface area contributed by atoms with Crippen molar-refractivity contribution in [3.05, 3.63) is 39.3 Å². The number of aryl methyl sites for hydroxylation is 1. The molecule has 2 aromatic rings. The van der Waals surface area contributed by atoms with Crippen molar-refractivity contribution in [2.75, 3.05) is 7.11 Å². The second-order valence-electron chi connectivity index (χ2n) is 3.64. The molecule has 0 radical (unpaired) electrons. The highest BCUT2D eigenvalue weighted by atomic mass is 35.5. The van der Waals surface area contributed by atoms with E-state index in [1.54, 1.807) is 18.2 Å². The van der Waals surface area contributed by atoms with E-state index in [-0.39, 0.29) is 18.5 Å². The van der Waals surface area contributed by atoms with Crippen LogP contribution in [0.5, 0.6) is 0 Å². The number of esters is 1. The Morgan fingerprint density at radius 3 is 3.00 bits per heavy atom. The first-order valence-corrected chi connectivity index (χ1v) is 5.64. The fourth-order valence-electron chi connectivity index (χ4n) is 1.49. The van der Waals surface area contributed by atoms with E-state index in [1.165, 1.54) is 7.11 Å². The van der Waals surface area contributed by atoms with Crippen molar-refractivity contribution < 1.29 is 13.9 Å². The van der Waals surface area contributed by atoms with Gasteiger partial charge in [-0.05, 0) is 18.2 Å². The van der Waals surface area contributed by atoms with Crippen molar-refractivity contribution in [3.8, 4) is 0 Å². The number of carbonyl (C=O) groups excluding carboxylic acids is 1. The first-order chi connectivity index (χ1) is 8.60. The standard InChI is InChI=1S/C12H10ClNO4/c1-17-11(15)5-3-8-12(16)18-10-4-2-7(13)6-9(10)14-8/h2,4,6H,3,5H2,1H3. The van der Waals surface area contributed by atoms with Crippen molar-refractivity contribution in [2.45, 2.75) is 12.8 Å². The molecule has 0 spiro atoms. The van der Waals surface area contributed by atoms with Gasteiger partial charge in [0.2, 0.25) is 0 Å². The summed E-state index contributed by atoms with van der Waals surface area (Å²) in [6.45, 7) is 0. The van der Waals surface area contributed by atoms with Gasteiger partial charge in [0.15, 0.2) is 5.58 Å². The van der Waals surface area contributed by atoms with Crippen molar-refractivity contribution >= 4 is 28.7 Å². The van der Waals surface area contributed by atoms with Crippen LogP contribution in [0.25, 0.3) is 11.1 Å². The minimum absolute atomic E-state index is 0.0837. The van der Waals surface area contributed by atoms with Crippen molar-refractivity contribution in [1.29, 1.82) is 0 Å². The quantitative estimate of drug-likeness (QED) is 0.795. The molecule has 0 aliphatic rings. The lowest BCUT2D eigenvalue weighted by molar-refractivity contribution is -0.140. The Morgan fingerprint density at radius 1 is 1.50 bits per heavy atom. The van der Waals surface area contributed by atoms with Crippen LogP contribution in [0.4, 0.5) is 0 Å². The van der Waals surface area contributed by atoms with Gasteiger partial charge in [0.25, 0.3) is 0 Å². The van der Waals surface area contributed by atoms with Crippen LogP contribution in [-0.4, -0.2) is 18.1 Å². The molecular formula is C12H10ClNO4. The second-order valence-corrected chi connectivity index (χ2v) is 4.07. The number of rotatable bonds is 3. The van der Waals surface area contributed by atoms with E-state index in [2.05, 4.69) is 9.72 Å². The van der Waals surface area contributed by atoms with Gasteiger partial charge in [0.1, 0.15) is 11.2 Å². The van der Waals surface area contributed by atoms with Crippen LogP contribution in [0.2, 0.25) is 5.02 Å². The summed E-state index contributed by atoms with van der Waals surface area (Å²) in [4.78, 5) is 26.8. The summed E-state index contributed by atoms with van der Waals surface area (Å²) in [5.41, 5.74) is 0.497. The number of hydrogen-bond acceptors (Lipinski definition) is 5. The Balaban J connectivity index is 2.36. The lowest BCUT2D eigenvalue weighted by atomic mass is 10.2. The average Bonchev–Trinajstić information content (AvgIpc) is 2.36. The topological polar surface area (TPSA) is 69.4 Å². The molecule has 0 fully saturated rings. The molecule has 0 aliphatic heterocycles. The fourth-order valence-corrected chi connectivity index (χ4v) is 1.66. The van der Waals surface area contributed by atoms with Crippen LogP contribution in [0.3, 0.4) is 0 Å². The van der Waals surface area contributed by atoms with E-state index in [4.69, 9.17) is 16.0 Å². The summed E-state index contributed by atoms with van der Waals surface area (Å²) in [6, 6.07) is 4.79. The first kappa shape index (κ1) is 12.6. The third-order valence-corrected chi connectivity index (χ3v) is 2.64. The van der Waals surface area contributed by atoms with E-state index in [9.17, 15) is 9.59 Å². The van der Waals surface area contributed by atoms with E-state index in [0.29, 0.717) is 16.1 Å². The van der Waals surface area contributed by atoms with Gasteiger partial charge in [-0.2, -0.15) is 0 Å². The van der Waals surface area contributed by atoms with Crippen LogP contribution in [0.1, 0.15) is 12.1 Å². The first-order valence-electron chi connectivity index (χ1n) is 5.26. The second kappa shape index (κ2) is 5.18. The molecule has 6 heteroatoms. The lowest BCUT2D eigenvalue weighted by Crippen LogP contribution is -2.13. The summed E-state index contributed by atoms with van der Waals surface area (Å²) in [5, 5.41) is 0.503. The number of benzene rings is 1. The average molecular weight is 268 g/mol. The summed E-state index contributed by atoms with van der Waals surface area (Å²) >= 11 is 5.83. The molecule has 1 heterocycles. The number of ether oxygens (including phenoxy) is 1. The number of aromatic nitrogens is 1. The van der Waals surface area contributed by atoms with Crippen LogP contribution >= 0.6 is 11.6 Å². The zero-order chi connectivity index (χ0) is 13.1. The van der Waals surface area contributed by atoms with E-state index < -0.39 is 11.6 Å². The van der Waals surface area contributed by atoms with Gasteiger partial charge in [-0.25, -0.2) is 9.78 Å². The Hall–Kier alpha value is -1.88. The van der Waals surface area contributed by atoms with E-state index in [1.807, 2.05) is 0 Å². The summed E-state index contributed by atoms with van der Waals surface area (Å²) in [5.74, 6) is -0.401. The molecule has 1 aromatic carbocycles. The third-order valence-electron chi connectivity index (χ3n) is 2.41. The highest BCUT2D eigenvalue weighted by Crippen LogP contribution is 2.16. The Bertz CT molecular complexity index is 650. The number of fused-ring (bicyclic) bond motifs is 1. The predicted molar refractivity (Wildman–Crippen MR) is 65.6 cm³/mol. The van der Waals surface area contributed by atoms with Crippen LogP contribution in [0, 0.1) is 0 Å². The van der Waals surface area contributed by atoms with Gasteiger partial charge in [-0.15, -0.1) is 0 Å². The molecule has 0 saturated carbocycles. The number of nitrogens with zero attached hydrogens (tertiary/aromatic N) is 1. The van der Waals surface area contributed by atoms with Crippen LogP contribution in [-0.2, 0) is 16.0 Å². The molecule has 5 nitrogen and oxygen atoms in total. The van der Waals surface area contributed by atoms with Crippen molar-refractivity contribution in [1.82, 2.24) is 4.98 Å². The number of hydrogen-bond donors (Lipinski definition) is 0. The van der Waals surface area contributed by atoms with Crippen LogP contribution < -0.4 is 5.63 Å². The highest BCUT2D eigenvalue weighted by molar-refractivity contribution is 6.31. The summed E-state index contributed by atoms with van der Waals surface area (Å²) < 4.78 is 9.58. The summed E-state index contributed by atoms with van der Waals surface area (Å²) in [7, 11) is 1.29. The zero-order valence-corrected chi connectivity index (χ0v) is 10.4. The largest absolute Gasteiger partial charge is 0.469 e. The number of methoxy groups -OCH3 is 1. The smallest absolute Gasteiger partial charge is 0.358 e. The Kier molecular flexibility index (Phi) is 3.62. The summed E-state index contributed by atoms with van der Waals surface area (Å²) in [6.07, 6.45) is 0.262. The van der Waals surface area contributed by atoms with Gasteiger partial charge in [-0.1, -0.05) is 11.6 Å². The third kappa shape index (κ3) is 2.68. The maximum Gasteiger partial charge on any atom is 0.358 e. The highest BCUT2D eigenvalue weighted by Gasteiger charge is 2.10. The SMILES string of the molecule is COC(=O)CCc1nc2cc(Cl)ccc2oc1=O. The van der Waals surface area contributed by atoms with E-state index in [0.717, 1.165) is 0 Å². The molecule has 0 atom stereocenters. The van der Waals surface area contributed by atoms with Gasteiger partial charge >= 0.3 is 11.6 Å². The molecule has 0 aliphatic carbocycles. The zero-order valence-electron chi connectivity index (χ0n) is 9.60. The fraction of sp³-hybridized carbons (Fsp3) is 0.250. The van der Waals surface area contributed by atoms with E-state index >= 15 is 0 Å². The van der Waals surface area contributed by atoms with Crippen molar-refractivity contribution in [2.24, 2.45) is 0 Å². The number of carbonyl (C=O) groups is 1. The minimum atomic E-state index is -0.547. The van der Waals surface area contributed by atoms with Crippen molar-refractivity contribution in [3.63, 3.8) is 0 Å². The molecule has 0 saturated heterocycles. The van der Waals surface area contributed by atoms with Gasteiger partial charge in [0, 0.05) is 11.4 Å². The van der Waals surface area contributed by atoms with Crippen LogP contribution in [0.15, 0.2) is 27.4 Å².